The summed E-state index contributed by atoms with van der Waals surface area (Å²) >= 11 is 0. The van der Waals surface area contributed by atoms with E-state index in [1.165, 1.54) is 6.33 Å². The largest absolute Gasteiger partial charge is 0.382 e. The minimum atomic E-state index is -0.906. The average molecular weight is 257 g/mol. The smallest absolute Gasteiger partial charge is 0.209 e. The first-order valence-corrected chi connectivity index (χ1v) is 6.38. The molecule has 0 amide bonds. The molecular formula is C13H15N5O. The molecular weight excluding hydrogens is 242 g/mol. The SMILES string of the molecule is Nc1nc(C#CC2(O)CCCCC2)nc2nc[nH]c12. The molecule has 2 aromatic heterocycles. The number of nitrogens with one attached hydrogen (secondary N) is 1. The van der Waals surface area contributed by atoms with E-state index in [-0.39, 0.29) is 0 Å². The molecule has 4 N–H and O–H groups in total. The summed E-state index contributed by atoms with van der Waals surface area (Å²) in [6, 6.07) is 0. The van der Waals surface area contributed by atoms with E-state index < -0.39 is 5.60 Å². The van der Waals surface area contributed by atoms with Gasteiger partial charge in [0.1, 0.15) is 11.1 Å². The molecule has 6 heteroatoms. The maximum absolute atomic E-state index is 10.3. The monoisotopic (exact) mass is 257 g/mol. The lowest BCUT2D eigenvalue weighted by molar-refractivity contribution is 0.0610. The summed E-state index contributed by atoms with van der Waals surface area (Å²) in [4.78, 5) is 15.2. The lowest BCUT2D eigenvalue weighted by Crippen LogP contribution is -2.29. The number of aromatic nitrogens is 4. The van der Waals surface area contributed by atoms with E-state index in [9.17, 15) is 5.11 Å². The molecule has 2 aromatic rings. The zero-order valence-corrected chi connectivity index (χ0v) is 10.5. The molecule has 0 radical (unpaired) electrons. The van der Waals surface area contributed by atoms with E-state index in [4.69, 9.17) is 5.73 Å². The third-order valence-electron chi connectivity index (χ3n) is 3.40. The number of nitrogens with two attached hydrogens (primary N) is 1. The fourth-order valence-electron chi connectivity index (χ4n) is 2.35. The molecule has 6 nitrogen and oxygen atoms in total. The Morgan fingerprint density at radius 2 is 2.05 bits per heavy atom. The summed E-state index contributed by atoms with van der Waals surface area (Å²) in [5.74, 6) is 6.33. The maximum Gasteiger partial charge on any atom is 0.209 e. The van der Waals surface area contributed by atoms with Crippen LogP contribution in [0.1, 0.15) is 37.9 Å². The first-order chi connectivity index (χ1) is 9.16. The molecule has 0 bridgehead atoms. The Kier molecular flexibility index (Phi) is 2.84. The Hall–Kier alpha value is -2.13. The fraction of sp³-hybridized carbons (Fsp3) is 0.462. The highest BCUT2D eigenvalue weighted by atomic mass is 16.3. The number of hydrogen-bond acceptors (Lipinski definition) is 5. The van der Waals surface area contributed by atoms with Crippen molar-refractivity contribution in [3.05, 3.63) is 12.2 Å². The number of nitrogen functional groups attached to an aromatic ring is 1. The van der Waals surface area contributed by atoms with E-state index in [2.05, 4.69) is 31.8 Å². The average Bonchev–Trinajstić information content (AvgIpc) is 2.86. The van der Waals surface area contributed by atoms with Crippen molar-refractivity contribution in [2.24, 2.45) is 0 Å². The minimum absolute atomic E-state index is 0.302. The van der Waals surface area contributed by atoms with E-state index in [0.717, 1.165) is 19.3 Å². The number of H-pyrrole nitrogens is 1. The number of nitrogens with zero attached hydrogens (tertiary/aromatic N) is 3. The Morgan fingerprint density at radius 1 is 1.26 bits per heavy atom. The fourth-order valence-corrected chi connectivity index (χ4v) is 2.35. The van der Waals surface area contributed by atoms with Gasteiger partial charge in [-0.1, -0.05) is 12.3 Å². The molecule has 98 valence electrons. The molecule has 0 saturated heterocycles. The van der Waals surface area contributed by atoms with Crippen LogP contribution in [-0.2, 0) is 0 Å². The zero-order chi connectivity index (χ0) is 13.3. The van der Waals surface area contributed by atoms with Gasteiger partial charge in [-0.3, -0.25) is 0 Å². The van der Waals surface area contributed by atoms with Crippen LogP contribution >= 0.6 is 0 Å². The van der Waals surface area contributed by atoms with Crippen LogP contribution in [0.4, 0.5) is 5.82 Å². The highest BCUT2D eigenvalue weighted by Gasteiger charge is 2.26. The number of rotatable bonds is 0. The van der Waals surface area contributed by atoms with Crippen molar-refractivity contribution in [2.75, 3.05) is 5.73 Å². The first kappa shape index (κ1) is 11.9. The van der Waals surface area contributed by atoms with Crippen LogP contribution < -0.4 is 5.73 Å². The predicted molar refractivity (Wildman–Crippen MR) is 71.0 cm³/mol. The normalized spacial score (nSPS) is 17.9. The van der Waals surface area contributed by atoms with Gasteiger partial charge in [-0.05, 0) is 31.6 Å². The predicted octanol–water partition coefficient (Wildman–Crippen LogP) is 0.982. The maximum atomic E-state index is 10.3. The van der Waals surface area contributed by atoms with Crippen LogP contribution in [0.25, 0.3) is 11.2 Å². The van der Waals surface area contributed by atoms with E-state index in [1.54, 1.807) is 0 Å². The van der Waals surface area contributed by atoms with Crippen molar-refractivity contribution in [1.29, 1.82) is 0 Å². The standard InChI is InChI=1S/C13H15N5O/c14-11-10-12(16-8-15-10)18-9(17-11)4-7-13(19)5-2-1-3-6-13/h8,19H,1-3,5-6H2,(H3,14,15,16,17,18). The van der Waals surface area contributed by atoms with Gasteiger partial charge in [0, 0.05) is 0 Å². The summed E-state index contributed by atoms with van der Waals surface area (Å²) in [5.41, 5.74) is 5.99. The van der Waals surface area contributed by atoms with Crippen molar-refractivity contribution in [3.8, 4) is 11.8 Å². The number of anilines is 1. The third kappa shape index (κ3) is 2.37. The number of fused-ring (bicyclic) bond motifs is 1. The van der Waals surface area contributed by atoms with Gasteiger partial charge in [-0.2, -0.15) is 4.98 Å². The van der Waals surface area contributed by atoms with E-state index in [0.29, 0.717) is 35.6 Å². The molecule has 1 fully saturated rings. The molecule has 0 atom stereocenters. The Bertz CT molecular complexity index is 660. The molecule has 0 unspecified atom stereocenters. The second-order valence-corrected chi connectivity index (χ2v) is 4.88. The van der Waals surface area contributed by atoms with Gasteiger partial charge in [0.15, 0.2) is 11.5 Å². The van der Waals surface area contributed by atoms with Crippen molar-refractivity contribution in [1.82, 2.24) is 19.9 Å². The Balaban J connectivity index is 1.93. The second-order valence-electron chi connectivity index (χ2n) is 4.88. The molecule has 1 aliphatic carbocycles. The summed E-state index contributed by atoms with van der Waals surface area (Å²) in [5, 5.41) is 10.3. The van der Waals surface area contributed by atoms with Crippen LogP contribution in [0.2, 0.25) is 0 Å². The summed E-state index contributed by atoms with van der Waals surface area (Å²) in [7, 11) is 0. The van der Waals surface area contributed by atoms with Crippen molar-refractivity contribution in [3.63, 3.8) is 0 Å². The molecule has 19 heavy (non-hydrogen) atoms. The van der Waals surface area contributed by atoms with Crippen molar-refractivity contribution < 1.29 is 5.11 Å². The summed E-state index contributed by atoms with van der Waals surface area (Å²) < 4.78 is 0. The number of aliphatic hydroxyl groups is 1. The number of aromatic amines is 1. The van der Waals surface area contributed by atoms with Crippen LogP contribution in [-0.4, -0.2) is 30.6 Å². The van der Waals surface area contributed by atoms with Crippen molar-refractivity contribution in [2.45, 2.75) is 37.7 Å². The Morgan fingerprint density at radius 3 is 2.84 bits per heavy atom. The Labute approximate surface area is 110 Å². The van der Waals surface area contributed by atoms with Gasteiger partial charge in [0.2, 0.25) is 5.82 Å². The number of hydrogen-bond donors (Lipinski definition) is 3. The van der Waals surface area contributed by atoms with Crippen LogP contribution in [0.3, 0.4) is 0 Å². The lowest BCUT2D eigenvalue weighted by Gasteiger charge is -2.26. The van der Waals surface area contributed by atoms with E-state index in [1.807, 2.05) is 0 Å². The molecule has 3 rings (SSSR count). The first-order valence-electron chi connectivity index (χ1n) is 6.38. The van der Waals surface area contributed by atoms with Crippen LogP contribution in [0.15, 0.2) is 6.33 Å². The van der Waals surface area contributed by atoms with Gasteiger partial charge in [0.05, 0.1) is 6.33 Å². The molecule has 0 spiro atoms. The quantitative estimate of drug-likeness (QED) is 0.611. The van der Waals surface area contributed by atoms with Gasteiger partial charge < -0.3 is 15.8 Å². The van der Waals surface area contributed by atoms with Gasteiger partial charge in [-0.25, -0.2) is 9.97 Å². The molecule has 1 saturated carbocycles. The molecule has 0 aliphatic heterocycles. The summed E-state index contributed by atoms with van der Waals surface area (Å²) in [6.07, 6.45) is 6.10. The minimum Gasteiger partial charge on any atom is -0.382 e. The molecule has 1 aliphatic rings. The van der Waals surface area contributed by atoms with Gasteiger partial charge >= 0.3 is 0 Å². The zero-order valence-electron chi connectivity index (χ0n) is 10.5. The van der Waals surface area contributed by atoms with Crippen LogP contribution in [0.5, 0.6) is 0 Å². The van der Waals surface area contributed by atoms with E-state index >= 15 is 0 Å². The molecule has 0 aromatic carbocycles. The van der Waals surface area contributed by atoms with Gasteiger partial charge in [0.25, 0.3) is 0 Å². The number of imidazole rings is 1. The lowest BCUT2D eigenvalue weighted by atomic mass is 9.85. The second kappa shape index (κ2) is 4.52. The highest BCUT2D eigenvalue weighted by molar-refractivity contribution is 5.81. The third-order valence-corrected chi connectivity index (χ3v) is 3.40. The highest BCUT2D eigenvalue weighted by Crippen LogP contribution is 2.27. The summed E-state index contributed by atoms with van der Waals surface area (Å²) in [6.45, 7) is 0. The van der Waals surface area contributed by atoms with Crippen LogP contribution in [0, 0.1) is 11.8 Å². The topological polar surface area (TPSA) is 101 Å². The van der Waals surface area contributed by atoms with Gasteiger partial charge in [-0.15, -0.1) is 0 Å². The van der Waals surface area contributed by atoms with Crippen molar-refractivity contribution >= 4 is 17.0 Å². The molecule has 2 heterocycles.